The van der Waals surface area contributed by atoms with Crippen LogP contribution >= 0.6 is 0 Å². The van der Waals surface area contributed by atoms with Gasteiger partial charge in [0.05, 0.1) is 12.6 Å². The Labute approximate surface area is 107 Å². The molecule has 1 N–H and O–H groups in total. The van der Waals surface area contributed by atoms with E-state index in [1.807, 2.05) is 0 Å². The minimum Gasteiger partial charge on any atom is -0.394 e. The second-order valence-electron chi connectivity index (χ2n) is 5.10. The van der Waals surface area contributed by atoms with Crippen molar-refractivity contribution in [2.75, 3.05) is 36.0 Å². The molecule has 0 spiro atoms. The summed E-state index contributed by atoms with van der Waals surface area (Å²) in [6.07, 6.45) is 6.34. The largest absolute Gasteiger partial charge is 0.394 e. The lowest BCUT2D eigenvalue weighted by Gasteiger charge is -2.25. The molecule has 2 saturated heterocycles. The van der Waals surface area contributed by atoms with Crippen LogP contribution in [0.4, 0.5) is 11.6 Å². The lowest BCUT2D eigenvalue weighted by Crippen LogP contribution is -2.33. The maximum Gasteiger partial charge on any atom is 0.134 e. The summed E-state index contributed by atoms with van der Waals surface area (Å²) in [5, 5.41) is 9.38. The number of aliphatic hydroxyl groups is 1. The predicted octanol–water partition coefficient (Wildman–Crippen LogP) is 1.04. The van der Waals surface area contributed by atoms with Gasteiger partial charge in [-0.15, -0.1) is 0 Å². The number of nitrogens with zero attached hydrogens (tertiary/aromatic N) is 4. The number of hydrogen-bond acceptors (Lipinski definition) is 5. The Morgan fingerprint density at radius 2 is 1.89 bits per heavy atom. The van der Waals surface area contributed by atoms with Crippen LogP contribution in [0.15, 0.2) is 12.4 Å². The Balaban J connectivity index is 1.81. The molecular formula is C13H20N4O. The Morgan fingerprint density at radius 1 is 1.11 bits per heavy atom. The first kappa shape index (κ1) is 11.7. The summed E-state index contributed by atoms with van der Waals surface area (Å²) in [6, 6.07) is 2.30. The normalized spacial score (nSPS) is 23.9. The predicted molar refractivity (Wildman–Crippen MR) is 70.9 cm³/mol. The van der Waals surface area contributed by atoms with Crippen molar-refractivity contribution < 1.29 is 5.11 Å². The molecule has 2 fully saturated rings. The molecule has 18 heavy (non-hydrogen) atoms. The third kappa shape index (κ3) is 2.14. The van der Waals surface area contributed by atoms with E-state index in [2.05, 4.69) is 25.8 Å². The third-order valence-corrected chi connectivity index (χ3v) is 3.95. The monoisotopic (exact) mass is 248 g/mol. The quantitative estimate of drug-likeness (QED) is 0.866. The highest BCUT2D eigenvalue weighted by molar-refractivity contribution is 5.51. The van der Waals surface area contributed by atoms with E-state index in [-0.39, 0.29) is 12.6 Å². The summed E-state index contributed by atoms with van der Waals surface area (Å²) in [5.74, 6) is 1.99. The van der Waals surface area contributed by atoms with E-state index in [9.17, 15) is 5.11 Å². The summed E-state index contributed by atoms with van der Waals surface area (Å²) in [5.41, 5.74) is 0. The van der Waals surface area contributed by atoms with Crippen molar-refractivity contribution in [3.8, 4) is 0 Å². The van der Waals surface area contributed by atoms with E-state index >= 15 is 0 Å². The third-order valence-electron chi connectivity index (χ3n) is 3.95. The topological polar surface area (TPSA) is 52.5 Å². The first-order chi connectivity index (χ1) is 8.88. The minimum atomic E-state index is 0.211. The highest BCUT2D eigenvalue weighted by atomic mass is 16.3. The van der Waals surface area contributed by atoms with Crippen LogP contribution in [0, 0.1) is 0 Å². The highest BCUT2D eigenvalue weighted by Crippen LogP contribution is 2.26. The number of hydrogen-bond donors (Lipinski definition) is 1. The molecule has 3 heterocycles. The Bertz CT molecular complexity index is 406. The average Bonchev–Trinajstić information content (AvgIpc) is 3.10. The first-order valence-corrected chi connectivity index (χ1v) is 6.83. The Hall–Kier alpha value is -1.36. The molecule has 5 nitrogen and oxygen atoms in total. The first-order valence-electron chi connectivity index (χ1n) is 6.83. The van der Waals surface area contributed by atoms with Gasteiger partial charge in [-0.2, -0.15) is 0 Å². The van der Waals surface area contributed by atoms with Crippen molar-refractivity contribution in [2.45, 2.75) is 31.7 Å². The molecule has 3 rings (SSSR count). The van der Waals surface area contributed by atoms with E-state index in [0.29, 0.717) is 0 Å². The maximum absolute atomic E-state index is 9.38. The molecule has 0 aromatic carbocycles. The van der Waals surface area contributed by atoms with E-state index in [4.69, 9.17) is 0 Å². The summed E-state index contributed by atoms with van der Waals surface area (Å²) >= 11 is 0. The van der Waals surface area contributed by atoms with Gasteiger partial charge >= 0.3 is 0 Å². The smallest absolute Gasteiger partial charge is 0.134 e. The number of aromatic nitrogens is 2. The zero-order valence-electron chi connectivity index (χ0n) is 10.6. The van der Waals surface area contributed by atoms with Crippen molar-refractivity contribution in [3.63, 3.8) is 0 Å². The molecule has 1 unspecified atom stereocenters. The molecule has 5 heteroatoms. The fourth-order valence-electron chi connectivity index (χ4n) is 2.94. The fraction of sp³-hybridized carbons (Fsp3) is 0.692. The van der Waals surface area contributed by atoms with E-state index in [1.165, 1.54) is 12.8 Å². The second kappa shape index (κ2) is 5.10. The van der Waals surface area contributed by atoms with Crippen molar-refractivity contribution >= 4 is 11.6 Å². The van der Waals surface area contributed by atoms with Gasteiger partial charge in [0.25, 0.3) is 0 Å². The summed E-state index contributed by atoms with van der Waals surface area (Å²) < 4.78 is 0. The average molecular weight is 248 g/mol. The van der Waals surface area contributed by atoms with Crippen LogP contribution in [0.25, 0.3) is 0 Å². The van der Waals surface area contributed by atoms with Gasteiger partial charge in [0.1, 0.15) is 18.0 Å². The molecule has 98 valence electrons. The highest BCUT2D eigenvalue weighted by Gasteiger charge is 2.25. The van der Waals surface area contributed by atoms with Gasteiger partial charge in [-0.1, -0.05) is 0 Å². The van der Waals surface area contributed by atoms with E-state index in [1.54, 1.807) is 6.33 Å². The zero-order valence-corrected chi connectivity index (χ0v) is 10.6. The van der Waals surface area contributed by atoms with Gasteiger partial charge in [0.15, 0.2) is 0 Å². The van der Waals surface area contributed by atoms with Crippen LogP contribution in [0.3, 0.4) is 0 Å². The molecule has 1 atom stereocenters. The van der Waals surface area contributed by atoms with Gasteiger partial charge in [-0.3, -0.25) is 0 Å². The SMILES string of the molecule is OCC1CCCN1c1cc(N2CCCC2)ncn1. The van der Waals surface area contributed by atoms with Crippen LogP contribution in [-0.4, -0.2) is 47.4 Å². The van der Waals surface area contributed by atoms with Crippen LogP contribution in [-0.2, 0) is 0 Å². The van der Waals surface area contributed by atoms with Crippen LogP contribution in [0.5, 0.6) is 0 Å². The standard InChI is InChI=1S/C13H20N4O/c18-9-11-4-3-7-17(11)13-8-12(14-10-15-13)16-5-1-2-6-16/h8,10-11,18H,1-7,9H2. The zero-order chi connectivity index (χ0) is 12.4. The van der Waals surface area contributed by atoms with Gasteiger partial charge in [-0.25, -0.2) is 9.97 Å². The lowest BCUT2D eigenvalue weighted by atomic mass is 10.2. The van der Waals surface area contributed by atoms with Crippen LogP contribution in [0.1, 0.15) is 25.7 Å². The Morgan fingerprint density at radius 3 is 2.67 bits per heavy atom. The van der Waals surface area contributed by atoms with E-state index in [0.717, 1.165) is 44.1 Å². The molecule has 0 amide bonds. The van der Waals surface area contributed by atoms with Crippen molar-refractivity contribution in [2.24, 2.45) is 0 Å². The lowest BCUT2D eigenvalue weighted by molar-refractivity contribution is 0.266. The summed E-state index contributed by atoms with van der Waals surface area (Å²) in [6.45, 7) is 3.39. The summed E-state index contributed by atoms with van der Waals surface area (Å²) in [4.78, 5) is 13.3. The Kier molecular flexibility index (Phi) is 3.32. The summed E-state index contributed by atoms with van der Waals surface area (Å²) in [7, 11) is 0. The molecule has 2 aliphatic heterocycles. The van der Waals surface area contributed by atoms with Gasteiger partial charge in [0, 0.05) is 25.7 Å². The number of aliphatic hydroxyl groups excluding tert-OH is 1. The molecule has 2 aliphatic rings. The fourth-order valence-corrected chi connectivity index (χ4v) is 2.94. The molecule has 1 aromatic heterocycles. The minimum absolute atomic E-state index is 0.211. The van der Waals surface area contributed by atoms with Crippen molar-refractivity contribution in [1.29, 1.82) is 0 Å². The van der Waals surface area contributed by atoms with Gasteiger partial charge < -0.3 is 14.9 Å². The van der Waals surface area contributed by atoms with Crippen LogP contribution in [0.2, 0.25) is 0 Å². The molecule has 0 bridgehead atoms. The molecule has 0 saturated carbocycles. The molecular weight excluding hydrogens is 228 g/mol. The van der Waals surface area contributed by atoms with Gasteiger partial charge in [-0.05, 0) is 25.7 Å². The van der Waals surface area contributed by atoms with Crippen LogP contribution < -0.4 is 9.80 Å². The van der Waals surface area contributed by atoms with Gasteiger partial charge in [0.2, 0.25) is 0 Å². The second-order valence-corrected chi connectivity index (χ2v) is 5.10. The molecule has 0 radical (unpaired) electrons. The molecule has 0 aliphatic carbocycles. The van der Waals surface area contributed by atoms with Crippen molar-refractivity contribution in [3.05, 3.63) is 12.4 Å². The molecule has 1 aromatic rings. The van der Waals surface area contributed by atoms with E-state index < -0.39 is 0 Å². The maximum atomic E-state index is 9.38. The number of anilines is 2. The number of rotatable bonds is 3. The van der Waals surface area contributed by atoms with Crippen molar-refractivity contribution in [1.82, 2.24) is 9.97 Å².